The molecule has 0 radical (unpaired) electrons. The Morgan fingerprint density at radius 2 is 1.03 bits per heavy atom. The van der Waals surface area contributed by atoms with Crippen LogP contribution in [0.3, 0.4) is 0 Å². The number of likely N-dealkylation sites (tertiary alicyclic amines) is 1. The van der Waals surface area contributed by atoms with E-state index < -0.39 is 25.0 Å². The van der Waals surface area contributed by atoms with E-state index in [1.807, 2.05) is 0 Å². The minimum atomic E-state index is -1.91. The SMILES string of the molecule is CN1CC(O[Si](C)(C)C(C)(C)C)C(O[Si](C)(C)C(C)(C)C)C[C@H]1CO[Si](C)(C)C(C)(C)C. The summed E-state index contributed by atoms with van der Waals surface area (Å²) in [4.78, 5) is 2.47. The van der Waals surface area contributed by atoms with Crippen LogP contribution in [0.15, 0.2) is 0 Å². The Morgan fingerprint density at radius 3 is 1.41 bits per heavy atom. The van der Waals surface area contributed by atoms with Crippen LogP contribution in [0.25, 0.3) is 0 Å². The van der Waals surface area contributed by atoms with Gasteiger partial charge in [0.2, 0.25) is 0 Å². The molecule has 1 rings (SSSR count). The maximum absolute atomic E-state index is 7.06. The Labute approximate surface area is 204 Å². The lowest BCUT2D eigenvalue weighted by Gasteiger charge is -2.50. The first-order valence-electron chi connectivity index (χ1n) is 12.6. The molecule has 0 aliphatic carbocycles. The highest BCUT2D eigenvalue weighted by atomic mass is 28.4. The molecule has 0 N–H and O–H groups in total. The molecule has 7 heteroatoms. The van der Waals surface area contributed by atoms with Gasteiger partial charge in [0.25, 0.3) is 0 Å². The number of nitrogens with zero attached hydrogens (tertiary/aromatic N) is 1. The third-order valence-corrected chi connectivity index (χ3v) is 22.5. The highest BCUT2D eigenvalue weighted by molar-refractivity contribution is 6.75. The third kappa shape index (κ3) is 7.49. The molecule has 4 nitrogen and oxygen atoms in total. The van der Waals surface area contributed by atoms with Crippen LogP contribution in [0.2, 0.25) is 54.4 Å². The highest BCUT2D eigenvalue weighted by Crippen LogP contribution is 2.42. The van der Waals surface area contributed by atoms with E-state index in [1.54, 1.807) is 0 Å². The van der Waals surface area contributed by atoms with Gasteiger partial charge < -0.3 is 13.3 Å². The summed E-state index contributed by atoms with van der Waals surface area (Å²) in [5.41, 5.74) is 0. The van der Waals surface area contributed by atoms with Crippen LogP contribution >= 0.6 is 0 Å². The van der Waals surface area contributed by atoms with Gasteiger partial charge in [0.1, 0.15) is 0 Å². The van der Waals surface area contributed by atoms with Gasteiger partial charge in [-0.25, -0.2) is 0 Å². The monoisotopic (exact) mass is 503 g/mol. The van der Waals surface area contributed by atoms with Crippen LogP contribution in [0.5, 0.6) is 0 Å². The van der Waals surface area contributed by atoms with Crippen molar-refractivity contribution in [2.24, 2.45) is 0 Å². The van der Waals surface area contributed by atoms with Gasteiger partial charge in [-0.15, -0.1) is 0 Å². The molecule has 1 aliphatic heterocycles. The number of piperidine rings is 1. The second kappa shape index (κ2) is 9.86. The minimum Gasteiger partial charge on any atom is -0.415 e. The van der Waals surface area contributed by atoms with Gasteiger partial charge in [0.05, 0.1) is 12.2 Å². The molecule has 2 unspecified atom stereocenters. The van der Waals surface area contributed by atoms with Crippen molar-refractivity contribution in [2.45, 2.75) is 141 Å². The molecule has 0 amide bonds. The van der Waals surface area contributed by atoms with Gasteiger partial charge in [-0.05, 0) is 67.9 Å². The first kappa shape index (κ1) is 30.5. The number of hydrogen-bond acceptors (Lipinski definition) is 4. The molecule has 1 fully saturated rings. The Balaban J connectivity index is 3.13. The van der Waals surface area contributed by atoms with Gasteiger partial charge in [0, 0.05) is 19.2 Å². The number of likely N-dealkylation sites (N-methyl/N-ethyl adjacent to an activating group) is 1. The van der Waals surface area contributed by atoms with Crippen LogP contribution in [0, 0.1) is 0 Å². The van der Waals surface area contributed by atoms with Gasteiger partial charge >= 0.3 is 0 Å². The van der Waals surface area contributed by atoms with Crippen molar-refractivity contribution in [3.05, 3.63) is 0 Å². The van der Waals surface area contributed by atoms with E-state index in [9.17, 15) is 0 Å². The molecule has 0 aromatic heterocycles. The summed E-state index contributed by atoms with van der Waals surface area (Å²) in [7, 11) is -3.35. The smallest absolute Gasteiger partial charge is 0.192 e. The van der Waals surface area contributed by atoms with E-state index in [0.29, 0.717) is 6.04 Å². The van der Waals surface area contributed by atoms with Gasteiger partial charge in [-0.3, -0.25) is 4.90 Å². The molecular weight excluding hydrogens is 447 g/mol. The highest BCUT2D eigenvalue weighted by Gasteiger charge is 2.48. The van der Waals surface area contributed by atoms with E-state index in [2.05, 4.69) is 114 Å². The largest absolute Gasteiger partial charge is 0.415 e. The fraction of sp³-hybridized carbons (Fsp3) is 1.00. The van der Waals surface area contributed by atoms with Crippen molar-refractivity contribution < 1.29 is 13.3 Å². The predicted octanol–water partition coefficient (Wildman–Crippen LogP) is 7.49. The van der Waals surface area contributed by atoms with Crippen molar-refractivity contribution in [1.82, 2.24) is 4.90 Å². The zero-order chi connectivity index (χ0) is 25.6. The summed E-state index contributed by atoms with van der Waals surface area (Å²) in [5.74, 6) is 0. The standard InChI is InChI=1S/C25H57NO3Si3/c1-23(2,3)30(11,12)27-19-20-17-21(28-31(13,14)24(4,5)6)22(18-26(20)10)29-32(15,16)25(7,8)9/h20-22H,17-19H2,1-16H3/t20-,21?,22?/m0/s1. The Kier molecular flexibility index (Phi) is 9.40. The molecule has 32 heavy (non-hydrogen) atoms. The summed E-state index contributed by atoms with van der Waals surface area (Å²) in [5, 5.41) is 0.603. The summed E-state index contributed by atoms with van der Waals surface area (Å²) in [6.07, 6.45) is 1.24. The molecule has 1 aliphatic rings. The average Bonchev–Trinajstić information content (AvgIpc) is 2.52. The molecule has 192 valence electrons. The topological polar surface area (TPSA) is 30.9 Å². The lowest BCUT2D eigenvalue weighted by atomic mass is 9.98. The molecule has 0 spiro atoms. The fourth-order valence-corrected chi connectivity index (χ4v) is 6.95. The second-order valence-corrected chi connectivity index (χ2v) is 29.1. The van der Waals surface area contributed by atoms with E-state index in [0.717, 1.165) is 19.6 Å². The second-order valence-electron chi connectivity index (χ2n) is 14.7. The van der Waals surface area contributed by atoms with Crippen LogP contribution < -0.4 is 0 Å². The molecule has 1 saturated heterocycles. The van der Waals surface area contributed by atoms with Crippen LogP contribution in [0.4, 0.5) is 0 Å². The van der Waals surface area contributed by atoms with Crippen LogP contribution in [0.1, 0.15) is 68.7 Å². The van der Waals surface area contributed by atoms with Crippen LogP contribution in [-0.4, -0.2) is 68.3 Å². The van der Waals surface area contributed by atoms with Crippen LogP contribution in [-0.2, 0) is 13.3 Å². The van der Waals surface area contributed by atoms with E-state index in [4.69, 9.17) is 13.3 Å². The zero-order valence-electron chi connectivity index (χ0n) is 24.5. The summed E-state index contributed by atoms with van der Waals surface area (Å²) >= 11 is 0. The Hall–Kier alpha value is 0.491. The molecule has 1 heterocycles. The maximum atomic E-state index is 7.06. The molecule has 0 saturated carbocycles. The normalized spacial score (nSPS) is 25.3. The maximum Gasteiger partial charge on any atom is 0.192 e. The van der Waals surface area contributed by atoms with Gasteiger partial charge in [-0.1, -0.05) is 62.3 Å². The quantitative estimate of drug-likeness (QED) is 0.337. The third-order valence-electron chi connectivity index (χ3n) is 8.96. The van der Waals surface area contributed by atoms with Crippen molar-refractivity contribution >= 4 is 25.0 Å². The molecule has 0 bridgehead atoms. The zero-order valence-corrected chi connectivity index (χ0v) is 27.5. The molecular formula is C25H57NO3Si3. The average molecular weight is 504 g/mol. The number of rotatable bonds is 7. The Bertz CT molecular complexity index is 615. The summed E-state index contributed by atoms with van der Waals surface area (Å²) < 4.78 is 20.7. The van der Waals surface area contributed by atoms with E-state index >= 15 is 0 Å². The van der Waals surface area contributed by atoms with Crippen molar-refractivity contribution in [3.63, 3.8) is 0 Å². The van der Waals surface area contributed by atoms with Gasteiger partial charge in [0.15, 0.2) is 25.0 Å². The predicted molar refractivity (Wildman–Crippen MR) is 148 cm³/mol. The first-order chi connectivity index (χ1) is 13.9. The lowest BCUT2D eigenvalue weighted by molar-refractivity contribution is -0.0490. The molecule has 0 aromatic rings. The van der Waals surface area contributed by atoms with E-state index in [1.165, 1.54) is 0 Å². The van der Waals surface area contributed by atoms with Crippen molar-refractivity contribution in [3.8, 4) is 0 Å². The molecule has 3 atom stereocenters. The molecule has 0 aromatic carbocycles. The van der Waals surface area contributed by atoms with Crippen molar-refractivity contribution in [2.75, 3.05) is 20.2 Å². The lowest BCUT2D eigenvalue weighted by Crippen LogP contribution is -2.61. The minimum absolute atomic E-state index is 0.124. The fourth-order valence-electron chi connectivity index (χ4n) is 3.21. The summed E-state index contributed by atoms with van der Waals surface area (Å²) in [6.45, 7) is 36.8. The van der Waals surface area contributed by atoms with E-state index in [-0.39, 0.29) is 27.3 Å². The first-order valence-corrected chi connectivity index (χ1v) is 21.3. The van der Waals surface area contributed by atoms with Crippen molar-refractivity contribution in [1.29, 1.82) is 0 Å². The Morgan fingerprint density at radius 1 is 0.656 bits per heavy atom. The number of hydrogen-bond donors (Lipinski definition) is 0. The van der Waals surface area contributed by atoms with Gasteiger partial charge in [-0.2, -0.15) is 0 Å². The summed E-state index contributed by atoms with van der Waals surface area (Å²) in [6, 6.07) is 0.373.